The van der Waals surface area contributed by atoms with Crippen molar-refractivity contribution < 1.29 is 14.2 Å². The highest BCUT2D eigenvalue weighted by atomic mass is 16.5. The van der Waals surface area contributed by atoms with E-state index in [0.29, 0.717) is 25.4 Å². The smallest absolute Gasteiger partial charge is 0.0700 e. The van der Waals surface area contributed by atoms with Gasteiger partial charge in [0.25, 0.3) is 0 Å². The highest BCUT2D eigenvalue weighted by Gasteiger charge is 2.21. The molecular weight excluding hydrogens is 242 g/mol. The predicted molar refractivity (Wildman–Crippen MR) is 77.6 cm³/mol. The van der Waals surface area contributed by atoms with E-state index >= 15 is 0 Å². The first-order valence-corrected chi connectivity index (χ1v) is 7.78. The molecule has 0 heterocycles. The molecule has 0 radical (unpaired) electrons. The predicted octanol–water partition coefficient (Wildman–Crippen LogP) is 2.37. The molecule has 1 aliphatic rings. The molecule has 1 saturated carbocycles. The Bertz CT molecular complexity index is 202. The van der Waals surface area contributed by atoms with Crippen molar-refractivity contribution in [1.29, 1.82) is 0 Å². The molecular formula is C15H31NO3. The summed E-state index contributed by atoms with van der Waals surface area (Å²) < 4.78 is 16.3. The summed E-state index contributed by atoms with van der Waals surface area (Å²) in [5.74, 6) is 0. The average Bonchev–Trinajstić information content (AvgIpc) is 2.44. The van der Waals surface area contributed by atoms with Crippen molar-refractivity contribution in [3.63, 3.8) is 0 Å². The van der Waals surface area contributed by atoms with E-state index in [0.717, 1.165) is 26.2 Å². The Hall–Kier alpha value is -0.160. The van der Waals surface area contributed by atoms with E-state index in [1.165, 1.54) is 32.1 Å². The molecule has 0 aromatic heterocycles. The van der Waals surface area contributed by atoms with Crippen LogP contribution in [-0.4, -0.2) is 52.2 Å². The molecule has 0 aliphatic heterocycles. The Morgan fingerprint density at radius 2 is 2.00 bits per heavy atom. The van der Waals surface area contributed by atoms with Gasteiger partial charge >= 0.3 is 0 Å². The van der Waals surface area contributed by atoms with Crippen molar-refractivity contribution in [2.45, 2.75) is 57.6 Å². The lowest BCUT2D eigenvalue weighted by Gasteiger charge is -2.29. The van der Waals surface area contributed by atoms with Gasteiger partial charge in [0.05, 0.1) is 19.3 Å². The lowest BCUT2D eigenvalue weighted by atomic mass is 9.93. The van der Waals surface area contributed by atoms with Crippen LogP contribution in [0.25, 0.3) is 0 Å². The molecule has 0 amide bonds. The van der Waals surface area contributed by atoms with E-state index in [2.05, 4.69) is 12.2 Å². The van der Waals surface area contributed by atoms with Crippen LogP contribution >= 0.6 is 0 Å². The second kappa shape index (κ2) is 11.6. The Morgan fingerprint density at radius 1 is 1.11 bits per heavy atom. The number of methoxy groups -OCH3 is 1. The zero-order valence-electron chi connectivity index (χ0n) is 12.7. The fourth-order valence-corrected chi connectivity index (χ4v) is 2.49. The molecule has 4 heteroatoms. The average molecular weight is 273 g/mol. The summed E-state index contributed by atoms with van der Waals surface area (Å²) in [5, 5.41) is 3.61. The summed E-state index contributed by atoms with van der Waals surface area (Å²) in [4.78, 5) is 0. The van der Waals surface area contributed by atoms with Crippen LogP contribution in [0.15, 0.2) is 0 Å². The van der Waals surface area contributed by atoms with Crippen molar-refractivity contribution in [3.05, 3.63) is 0 Å². The number of hydrogen-bond acceptors (Lipinski definition) is 4. The molecule has 19 heavy (non-hydrogen) atoms. The van der Waals surface area contributed by atoms with Crippen LogP contribution < -0.4 is 5.32 Å². The molecule has 2 unspecified atom stereocenters. The molecule has 2 atom stereocenters. The maximum atomic E-state index is 5.95. The zero-order chi connectivity index (χ0) is 13.8. The largest absolute Gasteiger partial charge is 0.382 e. The molecule has 4 nitrogen and oxygen atoms in total. The Balaban J connectivity index is 1.96. The summed E-state index contributed by atoms with van der Waals surface area (Å²) >= 11 is 0. The Kier molecular flexibility index (Phi) is 10.4. The van der Waals surface area contributed by atoms with Crippen molar-refractivity contribution in [3.8, 4) is 0 Å². The van der Waals surface area contributed by atoms with Crippen molar-refractivity contribution >= 4 is 0 Å². The van der Waals surface area contributed by atoms with E-state index in [4.69, 9.17) is 14.2 Å². The molecule has 0 aromatic rings. The fraction of sp³-hybridized carbons (Fsp3) is 1.00. The van der Waals surface area contributed by atoms with Gasteiger partial charge in [0.15, 0.2) is 0 Å². The third-order valence-corrected chi connectivity index (χ3v) is 3.53. The first kappa shape index (κ1) is 16.9. The van der Waals surface area contributed by atoms with Crippen LogP contribution in [0, 0.1) is 0 Å². The van der Waals surface area contributed by atoms with Crippen molar-refractivity contribution in [1.82, 2.24) is 5.32 Å². The van der Waals surface area contributed by atoms with Gasteiger partial charge in [-0.15, -0.1) is 0 Å². The number of nitrogens with one attached hydrogen (secondary N) is 1. The first-order chi connectivity index (χ1) is 9.36. The SMILES string of the molecule is CCCNC1CCCC(OCCCOCCOC)C1. The van der Waals surface area contributed by atoms with Crippen LogP contribution in [0.5, 0.6) is 0 Å². The maximum Gasteiger partial charge on any atom is 0.0700 e. The molecule has 0 bridgehead atoms. The van der Waals surface area contributed by atoms with Gasteiger partial charge in [-0.25, -0.2) is 0 Å². The zero-order valence-corrected chi connectivity index (χ0v) is 12.7. The standard InChI is InChI=1S/C15H31NO3/c1-3-8-16-14-6-4-7-15(13-14)19-10-5-9-18-12-11-17-2/h14-16H,3-13H2,1-2H3. The van der Waals surface area contributed by atoms with Crippen LogP contribution in [0.3, 0.4) is 0 Å². The Labute approximate surface area is 118 Å². The molecule has 114 valence electrons. The molecule has 1 N–H and O–H groups in total. The van der Waals surface area contributed by atoms with Gasteiger partial charge in [-0.1, -0.05) is 6.92 Å². The second-order valence-electron chi connectivity index (χ2n) is 5.27. The molecule has 1 rings (SSSR count). The minimum absolute atomic E-state index is 0.446. The molecule has 1 fully saturated rings. The summed E-state index contributed by atoms with van der Waals surface area (Å²) in [6, 6.07) is 0.664. The molecule has 0 aromatic carbocycles. The van der Waals surface area contributed by atoms with Crippen LogP contribution in [0.4, 0.5) is 0 Å². The molecule has 1 aliphatic carbocycles. The summed E-state index contributed by atoms with van der Waals surface area (Å²) in [5.41, 5.74) is 0. The third kappa shape index (κ3) is 8.58. The topological polar surface area (TPSA) is 39.7 Å². The maximum absolute atomic E-state index is 5.95. The van der Waals surface area contributed by atoms with Gasteiger partial charge < -0.3 is 19.5 Å². The summed E-state index contributed by atoms with van der Waals surface area (Å²) in [6.45, 7) is 6.29. The minimum atomic E-state index is 0.446. The quantitative estimate of drug-likeness (QED) is 0.587. The van der Waals surface area contributed by atoms with Gasteiger partial charge in [0.2, 0.25) is 0 Å². The lowest BCUT2D eigenvalue weighted by molar-refractivity contribution is 0.00249. The number of ether oxygens (including phenoxy) is 3. The van der Waals surface area contributed by atoms with Crippen molar-refractivity contribution in [2.75, 3.05) is 40.1 Å². The second-order valence-corrected chi connectivity index (χ2v) is 5.27. The van der Waals surface area contributed by atoms with Gasteiger partial charge in [-0.05, 0) is 45.1 Å². The van der Waals surface area contributed by atoms with E-state index in [1.807, 2.05) is 0 Å². The monoisotopic (exact) mass is 273 g/mol. The van der Waals surface area contributed by atoms with Crippen LogP contribution in [0.2, 0.25) is 0 Å². The molecule has 0 spiro atoms. The molecule has 0 saturated heterocycles. The van der Waals surface area contributed by atoms with E-state index in [1.54, 1.807) is 7.11 Å². The first-order valence-electron chi connectivity index (χ1n) is 7.78. The van der Waals surface area contributed by atoms with Gasteiger partial charge in [0, 0.05) is 26.4 Å². The van der Waals surface area contributed by atoms with Crippen LogP contribution in [-0.2, 0) is 14.2 Å². The summed E-state index contributed by atoms with van der Waals surface area (Å²) in [6.07, 6.45) is 7.62. The third-order valence-electron chi connectivity index (χ3n) is 3.53. The van der Waals surface area contributed by atoms with Crippen LogP contribution in [0.1, 0.15) is 45.4 Å². The van der Waals surface area contributed by atoms with E-state index in [-0.39, 0.29) is 0 Å². The summed E-state index contributed by atoms with van der Waals surface area (Å²) in [7, 11) is 1.69. The van der Waals surface area contributed by atoms with Gasteiger partial charge in [0.1, 0.15) is 0 Å². The number of hydrogen-bond donors (Lipinski definition) is 1. The normalized spacial score (nSPS) is 23.7. The number of rotatable bonds is 11. The minimum Gasteiger partial charge on any atom is -0.382 e. The van der Waals surface area contributed by atoms with E-state index in [9.17, 15) is 0 Å². The Morgan fingerprint density at radius 3 is 2.79 bits per heavy atom. The van der Waals surface area contributed by atoms with Gasteiger partial charge in [-0.3, -0.25) is 0 Å². The highest BCUT2D eigenvalue weighted by molar-refractivity contribution is 4.78. The lowest BCUT2D eigenvalue weighted by Crippen LogP contribution is -2.37. The van der Waals surface area contributed by atoms with Crippen molar-refractivity contribution in [2.24, 2.45) is 0 Å². The van der Waals surface area contributed by atoms with E-state index < -0.39 is 0 Å². The highest BCUT2D eigenvalue weighted by Crippen LogP contribution is 2.21. The fourth-order valence-electron chi connectivity index (χ4n) is 2.49. The van der Waals surface area contributed by atoms with Gasteiger partial charge in [-0.2, -0.15) is 0 Å².